The highest BCUT2D eigenvalue weighted by Crippen LogP contribution is 2.43. The zero-order valence-corrected chi connectivity index (χ0v) is 16.2. The number of aryl methyl sites for hydroxylation is 1. The van der Waals surface area contributed by atoms with Crippen molar-refractivity contribution in [3.05, 3.63) is 58.1 Å². The molecule has 3 aromatic rings. The van der Waals surface area contributed by atoms with Crippen molar-refractivity contribution in [2.24, 2.45) is 13.0 Å². The Balaban J connectivity index is 1.43. The van der Waals surface area contributed by atoms with Crippen LogP contribution in [0.3, 0.4) is 0 Å². The summed E-state index contributed by atoms with van der Waals surface area (Å²) in [6.07, 6.45) is 4.58. The van der Waals surface area contributed by atoms with E-state index in [-0.39, 0.29) is 5.56 Å². The summed E-state index contributed by atoms with van der Waals surface area (Å²) in [6.45, 7) is 4.62. The first-order valence-corrected chi connectivity index (χ1v) is 10.1. The van der Waals surface area contributed by atoms with Crippen molar-refractivity contribution in [1.29, 1.82) is 0 Å². The predicted molar refractivity (Wildman–Crippen MR) is 108 cm³/mol. The minimum Gasteiger partial charge on any atom is -0.314 e. The number of piperazine rings is 1. The third-order valence-corrected chi connectivity index (χ3v) is 6.01. The van der Waals surface area contributed by atoms with Crippen molar-refractivity contribution in [2.75, 3.05) is 26.2 Å². The van der Waals surface area contributed by atoms with Gasteiger partial charge in [0.2, 0.25) is 0 Å². The van der Waals surface area contributed by atoms with Crippen molar-refractivity contribution in [1.82, 2.24) is 29.8 Å². The number of rotatable bonds is 5. The molecule has 2 aliphatic rings. The molecule has 2 fully saturated rings. The van der Waals surface area contributed by atoms with Gasteiger partial charge in [-0.25, -0.2) is 4.68 Å². The smallest absolute Gasteiger partial charge is 0.255 e. The first-order chi connectivity index (χ1) is 13.7. The highest BCUT2D eigenvalue weighted by molar-refractivity contribution is 5.79. The number of hydrogen-bond acceptors (Lipinski definition) is 5. The zero-order valence-electron chi connectivity index (χ0n) is 16.2. The molecular weight excluding hydrogens is 352 g/mol. The van der Waals surface area contributed by atoms with Gasteiger partial charge in [0.05, 0.1) is 24.3 Å². The number of nitrogens with one attached hydrogen (secondary N) is 1. The molecule has 0 radical (unpaired) electrons. The van der Waals surface area contributed by atoms with Crippen molar-refractivity contribution in [3.63, 3.8) is 0 Å². The van der Waals surface area contributed by atoms with E-state index in [2.05, 4.69) is 20.5 Å². The van der Waals surface area contributed by atoms with Crippen LogP contribution in [0, 0.1) is 5.92 Å². The molecule has 3 heterocycles. The standard InChI is InChI=1S/C21H26N6O/c1-25-19-5-3-2-4-16(19)12-17(21(25)28)13-27-14-18(23-24-27)20(15-6-7-15)26-10-8-22-9-11-26/h2-5,12,14-15,20,22H,6-11,13H2,1H3. The van der Waals surface area contributed by atoms with Crippen molar-refractivity contribution < 1.29 is 0 Å². The fourth-order valence-electron chi connectivity index (χ4n) is 4.40. The second-order valence-electron chi connectivity index (χ2n) is 8.00. The number of aromatic nitrogens is 4. The van der Waals surface area contributed by atoms with Gasteiger partial charge in [0.25, 0.3) is 5.56 Å². The van der Waals surface area contributed by atoms with E-state index in [0.29, 0.717) is 18.5 Å². The summed E-state index contributed by atoms with van der Waals surface area (Å²) in [5.41, 5.74) is 2.75. The van der Waals surface area contributed by atoms with Gasteiger partial charge < -0.3 is 9.88 Å². The minimum absolute atomic E-state index is 0.0246. The molecule has 1 saturated carbocycles. The van der Waals surface area contributed by atoms with Crippen LogP contribution in [-0.4, -0.2) is 50.6 Å². The van der Waals surface area contributed by atoms with E-state index in [1.807, 2.05) is 48.3 Å². The van der Waals surface area contributed by atoms with Gasteiger partial charge in [-0.15, -0.1) is 5.10 Å². The topological polar surface area (TPSA) is 68.0 Å². The highest BCUT2D eigenvalue weighted by Gasteiger charge is 2.38. The molecule has 146 valence electrons. The summed E-state index contributed by atoms with van der Waals surface area (Å²) >= 11 is 0. The van der Waals surface area contributed by atoms with E-state index in [1.165, 1.54) is 12.8 Å². The third-order valence-electron chi connectivity index (χ3n) is 6.01. The molecule has 2 aromatic heterocycles. The maximum absolute atomic E-state index is 12.8. The maximum atomic E-state index is 12.8. The van der Waals surface area contributed by atoms with Crippen molar-refractivity contribution >= 4 is 10.9 Å². The predicted octanol–water partition coefficient (Wildman–Crippen LogP) is 1.53. The Morgan fingerprint density at radius 1 is 1.21 bits per heavy atom. The van der Waals surface area contributed by atoms with Crippen LogP contribution in [0.1, 0.15) is 30.1 Å². The molecule has 1 N–H and O–H groups in total. The first-order valence-electron chi connectivity index (χ1n) is 10.1. The second kappa shape index (κ2) is 7.14. The highest BCUT2D eigenvalue weighted by atomic mass is 16.1. The van der Waals surface area contributed by atoms with E-state index in [1.54, 1.807) is 4.57 Å². The fraction of sp³-hybridized carbons (Fsp3) is 0.476. The van der Waals surface area contributed by atoms with Crippen LogP contribution >= 0.6 is 0 Å². The number of para-hydroxylation sites is 1. The molecular formula is C21H26N6O. The van der Waals surface area contributed by atoms with Crippen LogP contribution in [-0.2, 0) is 13.6 Å². The molecule has 0 spiro atoms. The summed E-state index contributed by atoms with van der Waals surface area (Å²) in [7, 11) is 1.83. The van der Waals surface area contributed by atoms with E-state index in [4.69, 9.17) is 0 Å². The molecule has 1 unspecified atom stereocenters. The van der Waals surface area contributed by atoms with Crippen LogP contribution in [0.2, 0.25) is 0 Å². The summed E-state index contributed by atoms with van der Waals surface area (Å²) < 4.78 is 3.54. The van der Waals surface area contributed by atoms with Crippen LogP contribution in [0.15, 0.2) is 41.3 Å². The zero-order chi connectivity index (χ0) is 19.1. The summed E-state index contributed by atoms with van der Waals surface area (Å²) in [6, 6.07) is 10.3. The lowest BCUT2D eigenvalue weighted by Gasteiger charge is -2.33. The quantitative estimate of drug-likeness (QED) is 0.729. The molecule has 0 bridgehead atoms. The SMILES string of the molecule is Cn1c(=O)c(Cn2cc(C(C3CC3)N3CCNCC3)nn2)cc2ccccc21. The maximum Gasteiger partial charge on any atom is 0.255 e. The molecule has 0 amide bonds. The Labute approximate surface area is 164 Å². The Bertz CT molecular complexity index is 1040. The van der Waals surface area contributed by atoms with E-state index in [0.717, 1.165) is 48.3 Å². The summed E-state index contributed by atoms with van der Waals surface area (Å²) in [4.78, 5) is 15.3. The van der Waals surface area contributed by atoms with Crippen LogP contribution in [0.4, 0.5) is 0 Å². The van der Waals surface area contributed by atoms with Crippen LogP contribution in [0.25, 0.3) is 10.9 Å². The third kappa shape index (κ3) is 3.25. The summed E-state index contributed by atoms with van der Waals surface area (Å²) in [5, 5.41) is 13.4. The average Bonchev–Trinajstić information content (AvgIpc) is 3.45. The lowest BCUT2D eigenvalue weighted by Crippen LogP contribution is -2.45. The first kappa shape index (κ1) is 17.6. The molecule has 1 aromatic carbocycles. The van der Waals surface area contributed by atoms with E-state index in [9.17, 15) is 4.79 Å². The molecule has 28 heavy (non-hydrogen) atoms. The molecule has 5 rings (SSSR count). The van der Waals surface area contributed by atoms with Gasteiger partial charge in [-0.2, -0.15) is 0 Å². The largest absolute Gasteiger partial charge is 0.314 e. The molecule has 1 aliphatic carbocycles. The second-order valence-corrected chi connectivity index (χ2v) is 8.00. The Kier molecular flexibility index (Phi) is 4.49. The Morgan fingerprint density at radius 3 is 2.79 bits per heavy atom. The van der Waals surface area contributed by atoms with Crippen molar-refractivity contribution in [2.45, 2.75) is 25.4 Å². The van der Waals surface area contributed by atoms with Gasteiger partial charge in [-0.1, -0.05) is 23.4 Å². The average molecular weight is 378 g/mol. The van der Waals surface area contributed by atoms with Gasteiger partial charge >= 0.3 is 0 Å². The Morgan fingerprint density at radius 2 is 2.00 bits per heavy atom. The van der Waals surface area contributed by atoms with Gasteiger partial charge in [0.1, 0.15) is 5.69 Å². The van der Waals surface area contributed by atoms with Gasteiger partial charge in [0.15, 0.2) is 0 Å². The number of fused-ring (bicyclic) bond motifs is 1. The van der Waals surface area contributed by atoms with Crippen LogP contribution < -0.4 is 10.9 Å². The number of hydrogen-bond donors (Lipinski definition) is 1. The molecule has 7 nitrogen and oxygen atoms in total. The fourth-order valence-corrected chi connectivity index (χ4v) is 4.40. The summed E-state index contributed by atoms with van der Waals surface area (Å²) in [5.74, 6) is 0.691. The lowest BCUT2D eigenvalue weighted by atomic mass is 10.1. The monoisotopic (exact) mass is 378 g/mol. The van der Waals surface area contributed by atoms with Crippen molar-refractivity contribution in [3.8, 4) is 0 Å². The number of nitrogens with zero attached hydrogens (tertiary/aromatic N) is 5. The van der Waals surface area contributed by atoms with Gasteiger partial charge in [0, 0.05) is 38.8 Å². The van der Waals surface area contributed by atoms with E-state index >= 15 is 0 Å². The van der Waals surface area contributed by atoms with Gasteiger partial charge in [-0.3, -0.25) is 9.69 Å². The molecule has 1 atom stereocenters. The normalized spacial score (nSPS) is 19.2. The minimum atomic E-state index is 0.0246. The van der Waals surface area contributed by atoms with E-state index < -0.39 is 0 Å². The van der Waals surface area contributed by atoms with Crippen LogP contribution in [0.5, 0.6) is 0 Å². The molecule has 1 aliphatic heterocycles. The number of benzene rings is 1. The lowest BCUT2D eigenvalue weighted by molar-refractivity contribution is 0.153. The van der Waals surface area contributed by atoms with Gasteiger partial charge in [-0.05, 0) is 36.3 Å². The number of pyridine rings is 1. The molecule has 1 saturated heterocycles. The molecule has 7 heteroatoms. The Hall–Kier alpha value is -2.51.